The van der Waals surface area contributed by atoms with Gasteiger partial charge in [-0.3, -0.25) is 4.79 Å². The van der Waals surface area contributed by atoms with Crippen LogP contribution in [0.4, 0.5) is 5.69 Å². The number of benzene rings is 1. The molecule has 0 saturated heterocycles. The van der Waals surface area contributed by atoms with Crippen LogP contribution in [-0.4, -0.2) is 12.4 Å². The lowest BCUT2D eigenvalue weighted by Gasteiger charge is -2.10. The fraction of sp³-hybridized carbons (Fsp3) is 0.214. The van der Waals surface area contributed by atoms with E-state index in [2.05, 4.69) is 0 Å². The number of anilines is 1. The van der Waals surface area contributed by atoms with E-state index in [-0.39, 0.29) is 11.5 Å². The number of hydrogen-bond acceptors (Lipinski definition) is 4. The maximum atomic E-state index is 12.3. The normalized spacial score (nSPS) is 10.3. The largest absolute Gasteiger partial charge is 0.493 e. The van der Waals surface area contributed by atoms with Crippen LogP contribution < -0.4 is 10.5 Å². The Kier molecular flexibility index (Phi) is 3.37. The Labute approximate surface area is 105 Å². The minimum absolute atomic E-state index is 0.260. The summed E-state index contributed by atoms with van der Waals surface area (Å²) in [6.45, 7) is 4.12. The summed E-state index contributed by atoms with van der Waals surface area (Å²) in [5, 5.41) is 0. The van der Waals surface area contributed by atoms with Gasteiger partial charge in [-0.2, -0.15) is 0 Å². The minimum Gasteiger partial charge on any atom is -0.493 e. The maximum absolute atomic E-state index is 12.3. The number of carbonyl (C=O) groups excluding carboxylic acids is 1. The van der Waals surface area contributed by atoms with E-state index in [4.69, 9.17) is 14.9 Å². The lowest BCUT2D eigenvalue weighted by Crippen LogP contribution is -2.08. The molecule has 94 valence electrons. The molecule has 0 amide bonds. The highest BCUT2D eigenvalue weighted by Crippen LogP contribution is 2.27. The Balaban J connectivity index is 2.46. The van der Waals surface area contributed by atoms with Crippen LogP contribution in [0, 0.1) is 6.92 Å². The zero-order valence-electron chi connectivity index (χ0n) is 10.4. The van der Waals surface area contributed by atoms with Crippen molar-refractivity contribution in [3.63, 3.8) is 0 Å². The summed E-state index contributed by atoms with van der Waals surface area (Å²) in [4.78, 5) is 12.3. The fourth-order valence-corrected chi connectivity index (χ4v) is 1.75. The summed E-state index contributed by atoms with van der Waals surface area (Å²) < 4.78 is 10.8. The van der Waals surface area contributed by atoms with E-state index in [1.165, 1.54) is 0 Å². The Morgan fingerprint density at radius 2 is 2.11 bits per heavy atom. The van der Waals surface area contributed by atoms with E-state index < -0.39 is 0 Å². The van der Waals surface area contributed by atoms with Crippen molar-refractivity contribution in [3.05, 3.63) is 47.4 Å². The quantitative estimate of drug-likeness (QED) is 0.664. The van der Waals surface area contributed by atoms with Crippen molar-refractivity contribution in [1.29, 1.82) is 0 Å². The predicted molar refractivity (Wildman–Crippen MR) is 68.9 cm³/mol. The van der Waals surface area contributed by atoms with Gasteiger partial charge >= 0.3 is 0 Å². The number of ether oxygens (including phenoxy) is 1. The number of ketones is 1. The lowest BCUT2D eigenvalue weighted by molar-refractivity contribution is 0.100. The van der Waals surface area contributed by atoms with Gasteiger partial charge in [-0.15, -0.1) is 0 Å². The van der Waals surface area contributed by atoms with Crippen LogP contribution in [0.3, 0.4) is 0 Å². The Bertz CT molecular complexity index is 572. The first-order chi connectivity index (χ1) is 8.63. The van der Waals surface area contributed by atoms with Crippen LogP contribution in [0.2, 0.25) is 0 Å². The average molecular weight is 245 g/mol. The third-order valence-electron chi connectivity index (χ3n) is 2.55. The van der Waals surface area contributed by atoms with Gasteiger partial charge in [-0.1, -0.05) is 6.07 Å². The van der Waals surface area contributed by atoms with Gasteiger partial charge in [0.25, 0.3) is 0 Å². The molecule has 0 saturated carbocycles. The molecule has 18 heavy (non-hydrogen) atoms. The van der Waals surface area contributed by atoms with Gasteiger partial charge < -0.3 is 14.9 Å². The molecule has 2 rings (SSSR count). The second kappa shape index (κ2) is 4.96. The van der Waals surface area contributed by atoms with Crippen LogP contribution in [0.25, 0.3) is 0 Å². The van der Waals surface area contributed by atoms with Gasteiger partial charge in [0.05, 0.1) is 12.2 Å². The monoisotopic (exact) mass is 245 g/mol. The smallest absolute Gasteiger partial charge is 0.233 e. The molecule has 0 atom stereocenters. The van der Waals surface area contributed by atoms with E-state index in [1.807, 2.05) is 6.92 Å². The standard InChI is InChI=1S/C14H15NO3/c1-3-17-11-6-4-5-10(15)13(11)14(16)12-8-7-9(2)18-12/h4-8H,3,15H2,1-2H3. The number of nitrogen functional groups attached to an aromatic ring is 1. The van der Waals surface area contributed by atoms with E-state index in [0.717, 1.165) is 0 Å². The van der Waals surface area contributed by atoms with E-state index in [1.54, 1.807) is 37.3 Å². The topological polar surface area (TPSA) is 65.5 Å². The van der Waals surface area contributed by atoms with Crippen molar-refractivity contribution in [3.8, 4) is 5.75 Å². The molecule has 2 N–H and O–H groups in total. The molecule has 4 heteroatoms. The molecule has 0 radical (unpaired) electrons. The zero-order chi connectivity index (χ0) is 13.1. The van der Waals surface area contributed by atoms with Crippen molar-refractivity contribution in [2.45, 2.75) is 13.8 Å². The average Bonchev–Trinajstić information content (AvgIpc) is 2.76. The molecule has 0 aliphatic rings. The molecule has 0 unspecified atom stereocenters. The Morgan fingerprint density at radius 1 is 1.33 bits per heavy atom. The first kappa shape index (κ1) is 12.2. The zero-order valence-corrected chi connectivity index (χ0v) is 10.4. The SMILES string of the molecule is CCOc1cccc(N)c1C(=O)c1ccc(C)o1. The number of nitrogens with two attached hydrogens (primary N) is 1. The van der Waals surface area contributed by atoms with Gasteiger partial charge in [0.2, 0.25) is 5.78 Å². The van der Waals surface area contributed by atoms with Crippen LogP contribution in [0.5, 0.6) is 5.75 Å². The van der Waals surface area contributed by atoms with E-state index >= 15 is 0 Å². The third-order valence-corrected chi connectivity index (χ3v) is 2.55. The Hall–Kier alpha value is -2.23. The molecule has 4 nitrogen and oxygen atoms in total. The highest BCUT2D eigenvalue weighted by Gasteiger charge is 2.20. The number of rotatable bonds is 4. The van der Waals surface area contributed by atoms with Crippen molar-refractivity contribution in [1.82, 2.24) is 0 Å². The van der Waals surface area contributed by atoms with Gasteiger partial charge in [0.1, 0.15) is 11.5 Å². The van der Waals surface area contributed by atoms with Crippen LogP contribution in [0.15, 0.2) is 34.7 Å². The molecule has 1 heterocycles. The molecule has 0 fully saturated rings. The highest BCUT2D eigenvalue weighted by atomic mass is 16.5. The van der Waals surface area contributed by atoms with Gasteiger partial charge in [-0.25, -0.2) is 0 Å². The fourth-order valence-electron chi connectivity index (χ4n) is 1.75. The molecular weight excluding hydrogens is 230 g/mol. The summed E-state index contributed by atoms with van der Waals surface area (Å²) in [5.74, 6) is 1.18. The summed E-state index contributed by atoms with van der Waals surface area (Å²) in [6.07, 6.45) is 0. The molecule has 0 bridgehead atoms. The molecule has 0 aliphatic heterocycles. The van der Waals surface area contributed by atoms with Crippen LogP contribution >= 0.6 is 0 Å². The van der Waals surface area contributed by atoms with Crippen molar-refractivity contribution in [2.24, 2.45) is 0 Å². The van der Waals surface area contributed by atoms with E-state index in [0.29, 0.717) is 29.4 Å². The number of hydrogen-bond donors (Lipinski definition) is 1. The highest BCUT2D eigenvalue weighted by molar-refractivity contribution is 6.12. The van der Waals surface area contributed by atoms with Gasteiger partial charge in [0.15, 0.2) is 5.76 Å². The molecule has 2 aromatic rings. The molecule has 1 aromatic carbocycles. The third kappa shape index (κ3) is 2.22. The van der Waals surface area contributed by atoms with Crippen LogP contribution in [0.1, 0.15) is 28.8 Å². The number of carbonyl (C=O) groups is 1. The van der Waals surface area contributed by atoms with Gasteiger partial charge in [0, 0.05) is 5.69 Å². The van der Waals surface area contributed by atoms with Crippen LogP contribution in [-0.2, 0) is 0 Å². The molecule has 1 aromatic heterocycles. The number of furan rings is 1. The molecule has 0 aliphatic carbocycles. The summed E-state index contributed by atoms with van der Waals surface area (Å²) >= 11 is 0. The first-order valence-corrected chi connectivity index (χ1v) is 5.76. The van der Waals surface area contributed by atoms with Gasteiger partial charge in [-0.05, 0) is 38.1 Å². The predicted octanol–water partition coefficient (Wildman–Crippen LogP) is 2.80. The van der Waals surface area contributed by atoms with E-state index in [9.17, 15) is 4.79 Å². The lowest BCUT2D eigenvalue weighted by atomic mass is 10.1. The molecular formula is C14H15NO3. The Morgan fingerprint density at radius 3 is 2.72 bits per heavy atom. The summed E-state index contributed by atoms with van der Waals surface area (Å²) in [6, 6.07) is 8.53. The van der Waals surface area contributed by atoms with Crippen molar-refractivity contribution in [2.75, 3.05) is 12.3 Å². The summed E-state index contributed by atoms with van der Waals surface area (Å²) in [7, 11) is 0. The number of aryl methyl sites for hydroxylation is 1. The second-order valence-corrected chi connectivity index (χ2v) is 3.89. The van der Waals surface area contributed by atoms with Crippen molar-refractivity contribution >= 4 is 11.5 Å². The minimum atomic E-state index is -0.260. The second-order valence-electron chi connectivity index (χ2n) is 3.89. The molecule has 0 spiro atoms. The first-order valence-electron chi connectivity index (χ1n) is 5.76. The van der Waals surface area contributed by atoms with Crippen molar-refractivity contribution < 1.29 is 13.9 Å². The summed E-state index contributed by atoms with van der Waals surface area (Å²) in [5.41, 5.74) is 6.60. The maximum Gasteiger partial charge on any atom is 0.233 e.